The highest BCUT2D eigenvalue weighted by Crippen LogP contribution is 2.22. The van der Waals surface area contributed by atoms with Crippen molar-refractivity contribution in [3.8, 4) is 0 Å². The van der Waals surface area contributed by atoms with E-state index in [1.807, 2.05) is 0 Å². The van der Waals surface area contributed by atoms with Crippen LogP contribution in [-0.2, 0) is 6.54 Å². The van der Waals surface area contributed by atoms with E-state index < -0.39 is 0 Å². The van der Waals surface area contributed by atoms with Gasteiger partial charge in [-0.05, 0) is 66.5 Å². The average Bonchev–Trinajstić information content (AvgIpc) is 2.78. The van der Waals surface area contributed by atoms with Crippen molar-refractivity contribution < 1.29 is 5.11 Å². The number of hydrogen-bond acceptors (Lipinski definition) is 4. The van der Waals surface area contributed by atoms with Crippen molar-refractivity contribution in [3.05, 3.63) is 20.8 Å². The quantitative estimate of drug-likeness (QED) is 0.839. The Balaban J connectivity index is 1.60. The van der Waals surface area contributed by atoms with Gasteiger partial charge in [0.2, 0.25) is 0 Å². The van der Waals surface area contributed by atoms with Gasteiger partial charge in [-0.15, -0.1) is 11.3 Å². The highest BCUT2D eigenvalue weighted by atomic mass is 79.9. The van der Waals surface area contributed by atoms with Gasteiger partial charge in [0.1, 0.15) is 0 Å². The molecule has 1 aromatic heterocycles. The molecule has 0 radical (unpaired) electrons. The Morgan fingerprint density at radius 3 is 2.78 bits per heavy atom. The lowest BCUT2D eigenvalue weighted by Crippen LogP contribution is -2.38. The van der Waals surface area contributed by atoms with Gasteiger partial charge in [0, 0.05) is 18.0 Å². The number of piperidine rings is 1. The van der Waals surface area contributed by atoms with Crippen LogP contribution in [0, 0.1) is 5.92 Å². The molecule has 5 heteroatoms. The van der Waals surface area contributed by atoms with Crippen LogP contribution in [0.25, 0.3) is 0 Å². The third-order valence-electron chi connectivity index (χ3n) is 3.48. The smallest absolute Gasteiger partial charge is 0.0701 e. The lowest BCUT2D eigenvalue weighted by atomic mass is 9.97. The molecule has 0 atom stereocenters. The third kappa shape index (κ3) is 4.63. The second kappa shape index (κ2) is 7.60. The van der Waals surface area contributed by atoms with Gasteiger partial charge < -0.3 is 15.3 Å². The molecule has 18 heavy (non-hydrogen) atoms. The minimum absolute atomic E-state index is 0.288. The molecule has 1 aliphatic rings. The van der Waals surface area contributed by atoms with Gasteiger partial charge in [0.15, 0.2) is 0 Å². The first-order valence-corrected chi connectivity index (χ1v) is 8.17. The summed E-state index contributed by atoms with van der Waals surface area (Å²) >= 11 is 5.29. The van der Waals surface area contributed by atoms with Crippen LogP contribution in [0.2, 0.25) is 0 Å². The first-order valence-electron chi connectivity index (χ1n) is 6.56. The van der Waals surface area contributed by atoms with Crippen molar-refractivity contribution in [1.29, 1.82) is 0 Å². The molecule has 102 valence electrons. The van der Waals surface area contributed by atoms with Crippen molar-refractivity contribution in [1.82, 2.24) is 10.2 Å². The summed E-state index contributed by atoms with van der Waals surface area (Å²) in [6.07, 6.45) is 2.50. The number of halogens is 1. The molecule has 1 saturated heterocycles. The molecule has 2 N–H and O–H groups in total. The molecule has 0 bridgehead atoms. The predicted octanol–water partition coefficient (Wildman–Crippen LogP) is 2.30. The standard InChI is InChI=1S/C13H21BrN2OS/c14-13-2-1-12(18-13)10-15-9-11-3-5-16(6-4-11)7-8-17/h1-2,11,15,17H,3-10H2. The van der Waals surface area contributed by atoms with E-state index in [1.54, 1.807) is 11.3 Å². The van der Waals surface area contributed by atoms with Crippen molar-refractivity contribution in [2.24, 2.45) is 5.92 Å². The minimum atomic E-state index is 0.288. The van der Waals surface area contributed by atoms with Gasteiger partial charge in [-0.1, -0.05) is 0 Å². The minimum Gasteiger partial charge on any atom is -0.395 e. The number of rotatable bonds is 6. The summed E-state index contributed by atoms with van der Waals surface area (Å²) in [7, 11) is 0. The van der Waals surface area contributed by atoms with Gasteiger partial charge >= 0.3 is 0 Å². The van der Waals surface area contributed by atoms with Crippen LogP contribution >= 0.6 is 27.3 Å². The van der Waals surface area contributed by atoms with Gasteiger partial charge in [0.25, 0.3) is 0 Å². The number of β-amino-alcohol motifs (C(OH)–C–C–N with tert-alkyl or cyclic N) is 1. The second-order valence-corrected chi connectivity index (χ2v) is 7.39. The summed E-state index contributed by atoms with van der Waals surface area (Å²) in [6, 6.07) is 4.28. The lowest BCUT2D eigenvalue weighted by molar-refractivity contribution is 0.146. The van der Waals surface area contributed by atoms with Crippen LogP contribution in [-0.4, -0.2) is 42.8 Å². The Bertz CT molecular complexity index is 351. The first-order chi connectivity index (χ1) is 8.78. The van der Waals surface area contributed by atoms with Crippen LogP contribution in [0.15, 0.2) is 15.9 Å². The topological polar surface area (TPSA) is 35.5 Å². The summed E-state index contributed by atoms with van der Waals surface area (Å²) in [5.41, 5.74) is 0. The van der Waals surface area contributed by atoms with E-state index in [9.17, 15) is 0 Å². The summed E-state index contributed by atoms with van der Waals surface area (Å²) in [5, 5.41) is 12.5. The molecular weight excluding hydrogens is 312 g/mol. The maximum absolute atomic E-state index is 8.90. The van der Waals surface area contributed by atoms with E-state index in [1.165, 1.54) is 21.5 Å². The summed E-state index contributed by atoms with van der Waals surface area (Å²) in [6.45, 7) is 5.49. The molecule has 1 fully saturated rings. The maximum Gasteiger partial charge on any atom is 0.0701 e. The van der Waals surface area contributed by atoms with E-state index in [0.717, 1.165) is 38.6 Å². The Hall–Kier alpha value is 0.0600. The molecule has 0 spiro atoms. The fourth-order valence-corrected chi connectivity index (χ4v) is 3.85. The molecule has 0 saturated carbocycles. The first kappa shape index (κ1) is 14.5. The van der Waals surface area contributed by atoms with Gasteiger partial charge in [-0.3, -0.25) is 0 Å². The van der Waals surface area contributed by atoms with Gasteiger partial charge in [-0.25, -0.2) is 0 Å². The van der Waals surface area contributed by atoms with Crippen molar-refractivity contribution >= 4 is 27.3 Å². The van der Waals surface area contributed by atoms with Gasteiger partial charge in [0.05, 0.1) is 10.4 Å². The van der Waals surface area contributed by atoms with Crippen LogP contribution in [0.5, 0.6) is 0 Å². The average molecular weight is 333 g/mol. The number of thiophene rings is 1. The molecule has 0 aromatic carbocycles. The van der Waals surface area contributed by atoms with Crippen LogP contribution < -0.4 is 5.32 Å². The number of nitrogens with one attached hydrogen (secondary N) is 1. The largest absolute Gasteiger partial charge is 0.395 e. The monoisotopic (exact) mass is 332 g/mol. The molecular formula is C13H21BrN2OS. The summed E-state index contributed by atoms with van der Waals surface area (Å²) < 4.78 is 1.21. The van der Waals surface area contributed by atoms with Crippen molar-refractivity contribution in [3.63, 3.8) is 0 Å². The fourth-order valence-electron chi connectivity index (χ4n) is 2.40. The lowest BCUT2D eigenvalue weighted by Gasteiger charge is -2.31. The molecule has 0 aliphatic carbocycles. The summed E-state index contributed by atoms with van der Waals surface area (Å²) in [4.78, 5) is 3.74. The zero-order chi connectivity index (χ0) is 12.8. The number of aliphatic hydroxyl groups is 1. The van der Waals surface area contributed by atoms with E-state index in [-0.39, 0.29) is 6.61 Å². The summed E-state index contributed by atoms with van der Waals surface area (Å²) in [5.74, 6) is 0.795. The molecule has 0 unspecified atom stereocenters. The number of nitrogens with zero attached hydrogens (tertiary/aromatic N) is 1. The fraction of sp³-hybridized carbons (Fsp3) is 0.692. The Kier molecular flexibility index (Phi) is 6.11. The highest BCUT2D eigenvalue weighted by molar-refractivity contribution is 9.11. The Morgan fingerprint density at radius 1 is 1.39 bits per heavy atom. The molecule has 1 aliphatic heterocycles. The second-order valence-electron chi connectivity index (χ2n) is 4.85. The maximum atomic E-state index is 8.90. The van der Waals surface area contributed by atoms with Crippen LogP contribution in [0.4, 0.5) is 0 Å². The van der Waals surface area contributed by atoms with Gasteiger partial charge in [-0.2, -0.15) is 0 Å². The number of hydrogen-bond donors (Lipinski definition) is 2. The van der Waals surface area contributed by atoms with Crippen LogP contribution in [0.3, 0.4) is 0 Å². The van der Waals surface area contributed by atoms with E-state index >= 15 is 0 Å². The molecule has 3 nitrogen and oxygen atoms in total. The molecule has 2 rings (SSSR count). The Morgan fingerprint density at radius 2 is 2.17 bits per heavy atom. The SMILES string of the molecule is OCCN1CCC(CNCc2ccc(Br)s2)CC1. The molecule has 2 heterocycles. The van der Waals surface area contributed by atoms with Crippen LogP contribution in [0.1, 0.15) is 17.7 Å². The normalized spacial score (nSPS) is 18.3. The zero-order valence-corrected chi connectivity index (χ0v) is 13.0. The van der Waals surface area contributed by atoms with Crippen molar-refractivity contribution in [2.75, 3.05) is 32.8 Å². The third-order valence-corrected chi connectivity index (χ3v) is 5.11. The zero-order valence-electron chi connectivity index (χ0n) is 10.6. The molecule has 1 aromatic rings. The Labute approximate surface area is 121 Å². The molecule has 0 amide bonds. The predicted molar refractivity (Wildman–Crippen MR) is 80.0 cm³/mol. The van der Waals surface area contributed by atoms with E-state index in [4.69, 9.17) is 5.11 Å². The number of aliphatic hydroxyl groups excluding tert-OH is 1. The van der Waals surface area contributed by atoms with Crippen molar-refractivity contribution in [2.45, 2.75) is 19.4 Å². The van der Waals surface area contributed by atoms with E-state index in [2.05, 4.69) is 38.3 Å². The number of likely N-dealkylation sites (tertiary alicyclic amines) is 1. The highest BCUT2D eigenvalue weighted by Gasteiger charge is 2.18. The van der Waals surface area contributed by atoms with E-state index in [0.29, 0.717) is 0 Å².